The third kappa shape index (κ3) is 5.17. The summed E-state index contributed by atoms with van der Waals surface area (Å²) >= 11 is 12.8. The number of ether oxygens (including phenoxy) is 3. The molecule has 1 fully saturated rings. The standard InChI is InChI=1S/C24H26Cl2O5/c1-13(2)17-11-18(16-7-5-6-8-20(16)26)14(3)31-23(17)19-9-15(25)10-21(29-4)24(19)30-12-22(27)28/h5-10,14,17-18,23H,1,11-12H2,2-4H3,(H,27,28)/t14-,17+,18-,23-/m0/s1. The maximum absolute atomic E-state index is 11.1. The SMILES string of the molecule is C=C(C)[C@H]1C[C@H](c2ccccc2Cl)[C@H](C)O[C@@H]1c1cc(Cl)cc(OC)c1OCC(=O)O. The predicted molar refractivity (Wildman–Crippen MR) is 122 cm³/mol. The summed E-state index contributed by atoms with van der Waals surface area (Å²) in [6, 6.07) is 11.1. The van der Waals surface area contributed by atoms with Gasteiger partial charge >= 0.3 is 5.97 Å². The number of methoxy groups -OCH3 is 1. The highest BCUT2D eigenvalue weighted by Crippen LogP contribution is 2.51. The van der Waals surface area contributed by atoms with Crippen LogP contribution in [0.1, 0.15) is 43.4 Å². The van der Waals surface area contributed by atoms with Crippen molar-refractivity contribution < 1.29 is 24.1 Å². The largest absolute Gasteiger partial charge is 0.493 e. The van der Waals surface area contributed by atoms with Crippen LogP contribution in [0, 0.1) is 5.92 Å². The van der Waals surface area contributed by atoms with Crippen LogP contribution in [0.3, 0.4) is 0 Å². The highest BCUT2D eigenvalue weighted by molar-refractivity contribution is 6.31. The minimum atomic E-state index is -1.09. The van der Waals surface area contributed by atoms with Gasteiger partial charge in [0.05, 0.1) is 19.3 Å². The van der Waals surface area contributed by atoms with Crippen LogP contribution in [0.5, 0.6) is 11.5 Å². The summed E-state index contributed by atoms with van der Waals surface area (Å²) in [5.41, 5.74) is 2.62. The van der Waals surface area contributed by atoms with Gasteiger partial charge in [-0.1, -0.05) is 53.6 Å². The van der Waals surface area contributed by atoms with E-state index in [0.29, 0.717) is 27.1 Å². The highest BCUT2D eigenvalue weighted by Gasteiger charge is 2.40. The van der Waals surface area contributed by atoms with Crippen LogP contribution in [-0.4, -0.2) is 30.9 Å². The Bertz CT molecular complexity index is 974. The first-order valence-electron chi connectivity index (χ1n) is 10.00. The molecule has 4 atom stereocenters. The lowest BCUT2D eigenvalue weighted by molar-refractivity contribution is -0.139. The number of carboxylic acids is 1. The van der Waals surface area contributed by atoms with Crippen LogP contribution < -0.4 is 9.47 Å². The summed E-state index contributed by atoms with van der Waals surface area (Å²) in [4.78, 5) is 11.1. The van der Waals surface area contributed by atoms with E-state index in [1.54, 1.807) is 12.1 Å². The molecular weight excluding hydrogens is 439 g/mol. The smallest absolute Gasteiger partial charge is 0.341 e. The topological polar surface area (TPSA) is 65.0 Å². The van der Waals surface area contributed by atoms with Gasteiger partial charge in [0.1, 0.15) is 0 Å². The molecule has 1 saturated heterocycles. The maximum Gasteiger partial charge on any atom is 0.341 e. The van der Waals surface area contributed by atoms with Crippen molar-refractivity contribution in [2.45, 2.75) is 38.4 Å². The van der Waals surface area contributed by atoms with Crippen LogP contribution in [0.4, 0.5) is 0 Å². The van der Waals surface area contributed by atoms with Crippen molar-refractivity contribution in [3.05, 3.63) is 69.7 Å². The van der Waals surface area contributed by atoms with Crippen molar-refractivity contribution in [3.63, 3.8) is 0 Å². The Balaban J connectivity index is 2.04. The molecule has 0 amide bonds. The second-order valence-electron chi connectivity index (χ2n) is 7.79. The number of aliphatic carboxylic acids is 1. The summed E-state index contributed by atoms with van der Waals surface area (Å²) in [7, 11) is 1.48. The molecule has 0 aromatic heterocycles. The average molecular weight is 465 g/mol. The van der Waals surface area contributed by atoms with Crippen LogP contribution in [0.25, 0.3) is 0 Å². The minimum absolute atomic E-state index is 0.0622. The fourth-order valence-corrected chi connectivity index (χ4v) is 4.65. The third-order valence-corrected chi connectivity index (χ3v) is 6.22. The summed E-state index contributed by atoms with van der Waals surface area (Å²) < 4.78 is 17.5. The fraction of sp³-hybridized carbons (Fsp3) is 0.375. The molecule has 166 valence electrons. The number of benzene rings is 2. The van der Waals surface area contributed by atoms with E-state index >= 15 is 0 Å². The normalized spacial score (nSPS) is 23.3. The van der Waals surface area contributed by atoms with Crippen LogP contribution in [0.15, 0.2) is 48.6 Å². The van der Waals surface area contributed by atoms with E-state index in [0.717, 1.165) is 17.6 Å². The summed E-state index contributed by atoms with van der Waals surface area (Å²) in [6.07, 6.45) is 0.179. The average Bonchev–Trinajstić information content (AvgIpc) is 2.72. The lowest BCUT2D eigenvalue weighted by Gasteiger charge is -2.42. The Labute approximate surface area is 192 Å². The van der Waals surface area contributed by atoms with Gasteiger partial charge in [0.2, 0.25) is 0 Å². The zero-order valence-electron chi connectivity index (χ0n) is 17.7. The molecule has 3 rings (SSSR count). The van der Waals surface area contributed by atoms with E-state index in [2.05, 4.69) is 6.58 Å². The number of carboxylic acid groups (broad SMARTS) is 1. The van der Waals surface area contributed by atoms with Gasteiger partial charge in [0.25, 0.3) is 0 Å². The van der Waals surface area contributed by atoms with E-state index in [9.17, 15) is 4.79 Å². The van der Waals surface area contributed by atoms with Gasteiger partial charge in [0.15, 0.2) is 18.1 Å². The van der Waals surface area contributed by atoms with Crippen LogP contribution in [-0.2, 0) is 9.53 Å². The van der Waals surface area contributed by atoms with Crippen molar-refractivity contribution in [1.29, 1.82) is 0 Å². The Morgan fingerprint density at radius 3 is 2.58 bits per heavy atom. The summed E-state index contributed by atoms with van der Waals surface area (Å²) in [5, 5.41) is 10.3. The van der Waals surface area contributed by atoms with Gasteiger partial charge in [-0.05, 0) is 38.0 Å². The van der Waals surface area contributed by atoms with E-state index in [4.69, 9.17) is 42.5 Å². The number of rotatable bonds is 7. The Morgan fingerprint density at radius 2 is 1.97 bits per heavy atom. The molecule has 1 aliphatic heterocycles. The zero-order chi connectivity index (χ0) is 22.7. The Morgan fingerprint density at radius 1 is 1.26 bits per heavy atom. The first-order valence-corrected chi connectivity index (χ1v) is 10.8. The van der Waals surface area contributed by atoms with Crippen molar-refractivity contribution in [1.82, 2.24) is 0 Å². The lowest BCUT2D eigenvalue weighted by Crippen LogP contribution is -2.34. The van der Waals surface area contributed by atoms with Gasteiger partial charge in [-0.15, -0.1) is 0 Å². The number of halogens is 2. The Kier molecular flexibility index (Phi) is 7.52. The summed E-state index contributed by atoms with van der Waals surface area (Å²) in [5.74, 6) is -0.400. The van der Waals surface area contributed by atoms with E-state index in [1.165, 1.54) is 7.11 Å². The minimum Gasteiger partial charge on any atom is -0.493 e. The van der Waals surface area contributed by atoms with Gasteiger partial charge in [0, 0.05) is 33.5 Å². The van der Waals surface area contributed by atoms with E-state index in [-0.39, 0.29) is 17.9 Å². The number of hydrogen-bond acceptors (Lipinski definition) is 4. The molecule has 0 unspecified atom stereocenters. The molecule has 7 heteroatoms. The van der Waals surface area contributed by atoms with E-state index < -0.39 is 18.7 Å². The molecule has 0 bridgehead atoms. The molecule has 1 heterocycles. The molecule has 0 radical (unpaired) electrons. The fourth-order valence-electron chi connectivity index (χ4n) is 4.16. The number of hydrogen-bond donors (Lipinski definition) is 1. The number of carbonyl (C=O) groups is 1. The quantitative estimate of drug-likeness (QED) is 0.487. The first-order chi connectivity index (χ1) is 14.7. The maximum atomic E-state index is 11.1. The monoisotopic (exact) mass is 464 g/mol. The van der Waals surface area contributed by atoms with Crippen molar-refractivity contribution in [2.75, 3.05) is 13.7 Å². The van der Waals surface area contributed by atoms with Gasteiger partial charge in [-0.25, -0.2) is 4.79 Å². The third-order valence-electron chi connectivity index (χ3n) is 5.65. The van der Waals surface area contributed by atoms with Crippen molar-refractivity contribution in [2.24, 2.45) is 5.92 Å². The predicted octanol–water partition coefficient (Wildman–Crippen LogP) is 6.29. The lowest BCUT2D eigenvalue weighted by atomic mass is 9.76. The van der Waals surface area contributed by atoms with Crippen LogP contribution in [0.2, 0.25) is 10.0 Å². The van der Waals surface area contributed by atoms with Gasteiger partial charge in [-0.2, -0.15) is 0 Å². The molecule has 0 spiro atoms. The van der Waals surface area contributed by atoms with Crippen molar-refractivity contribution >= 4 is 29.2 Å². The van der Waals surface area contributed by atoms with E-state index in [1.807, 2.05) is 38.1 Å². The molecule has 2 aromatic rings. The molecule has 0 saturated carbocycles. The highest BCUT2D eigenvalue weighted by atomic mass is 35.5. The Hall–Kier alpha value is -2.21. The molecular formula is C24H26Cl2O5. The zero-order valence-corrected chi connectivity index (χ0v) is 19.2. The molecule has 1 N–H and O–H groups in total. The first kappa shape index (κ1) is 23.5. The molecule has 1 aliphatic rings. The van der Waals surface area contributed by atoms with Crippen molar-refractivity contribution in [3.8, 4) is 11.5 Å². The molecule has 2 aromatic carbocycles. The second kappa shape index (κ2) is 9.94. The van der Waals surface area contributed by atoms with Crippen LogP contribution >= 0.6 is 23.2 Å². The second-order valence-corrected chi connectivity index (χ2v) is 8.63. The van der Waals surface area contributed by atoms with Gasteiger partial charge < -0.3 is 19.3 Å². The molecule has 0 aliphatic carbocycles. The summed E-state index contributed by atoms with van der Waals surface area (Å²) in [6.45, 7) is 7.65. The molecule has 31 heavy (non-hydrogen) atoms. The van der Waals surface area contributed by atoms with Gasteiger partial charge in [-0.3, -0.25) is 0 Å². The molecule has 5 nitrogen and oxygen atoms in total.